The minimum absolute atomic E-state index is 0.0371. The van der Waals surface area contributed by atoms with Crippen LogP contribution in [0, 0.1) is 5.92 Å². The maximum absolute atomic E-state index is 12.8. The number of nitrogen functional groups attached to an aromatic ring is 1. The molecule has 1 aromatic rings. The molecule has 0 aromatic carbocycles. The number of carbonyl (C=O) groups is 1. The molecule has 1 aliphatic carbocycles. The zero-order valence-corrected chi connectivity index (χ0v) is 12.8. The normalized spacial score (nSPS) is 16.0. The summed E-state index contributed by atoms with van der Waals surface area (Å²) in [7, 11) is 1.78. The molecule has 1 amide bonds. The number of hydrogen-bond donors (Lipinski definition) is 1. The van der Waals surface area contributed by atoms with Gasteiger partial charge in [-0.2, -0.15) is 5.10 Å². The quantitative estimate of drug-likeness (QED) is 0.899. The van der Waals surface area contributed by atoms with Crippen molar-refractivity contribution in [2.45, 2.75) is 52.0 Å². The predicted molar refractivity (Wildman–Crippen MR) is 80.4 cm³/mol. The lowest BCUT2D eigenvalue weighted by atomic mass is 10.1. The fourth-order valence-corrected chi connectivity index (χ4v) is 2.92. The maximum atomic E-state index is 12.8. The van der Waals surface area contributed by atoms with E-state index in [1.165, 1.54) is 12.8 Å². The molecule has 1 aliphatic rings. The first-order chi connectivity index (χ1) is 9.50. The zero-order chi connectivity index (χ0) is 14.7. The molecule has 0 bridgehead atoms. The molecular formula is C15H26N4O. The second kappa shape index (κ2) is 6.29. The average Bonchev–Trinajstić information content (AvgIpc) is 3.00. The van der Waals surface area contributed by atoms with Gasteiger partial charge in [0.2, 0.25) is 0 Å². The van der Waals surface area contributed by atoms with Crippen LogP contribution in [0.3, 0.4) is 0 Å². The van der Waals surface area contributed by atoms with Crippen molar-refractivity contribution in [3.05, 3.63) is 11.9 Å². The number of hydrogen-bond acceptors (Lipinski definition) is 3. The van der Waals surface area contributed by atoms with E-state index in [1.807, 2.05) is 4.90 Å². The Labute approximate surface area is 121 Å². The van der Waals surface area contributed by atoms with Crippen LogP contribution in [-0.4, -0.2) is 33.2 Å². The van der Waals surface area contributed by atoms with Gasteiger partial charge in [-0.05, 0) is 25.2 Å². The Morgan fingerprint density at radius 2 is 2.15 bits per heavy atom. The molecule has 1 fully saturated rings. The summed E-state index contributed by atoms with van der Waals surface area (Å²) in [4.78, 5) is 14.9. The molecule has 1 aromatic heterocycles. The van der Waals surface area contributed by atoms with Crippen LogP contribution in [0.25, 0.3) is 0 Å². The Hall–Kier alpha value is -1.52. The van der Waals surface area contributed by atoms with E-state index < -0.39 is 0 Å². The highest BCUT2D eigenvalue weighted by molar-refractivity contribution is 5.97. The second-order valence-electron chi connectivity index (χ2n) is 6.19. The third kappa shape index (κ3) is 3.14. The van der Waals surface area contributed by atoms with Crippen molar-refractivity contribution >= 4 is 11.6 Å². The summed E-state index contributed by atoms with van der Waals surface area (Å²) in [5.41, 5.74) is 6.91. The molecule has 1 heterocycles. The Kier molecular flexibility index (Phi) is 4.68. The molecule has 0 atom stereocenters. The number of nitrogens with zero attached hydrogens (tertiary/aromatic N) is 3. The van der Waals surface area contributed by atoms with Crippen LogP contribution < -0.4 is 5.73 Å². The van der Waals surface area contributed by atoms with Crippen LogP contribution >= 0.6 is 0 Å². The molecule has 2 N–H and O–H groups in total. The van der Waals surface area contributed by atoms with Gasteiger partial charge in [0, 0.05) is 19.6 Å². The largest absolute Gasteiger partial charge is 0.396 e. The number of anilines is 1. The van der Waals surface area contributed by atoms with E-state index in [0.29, 0.717) is 23.3 Å². The van der Waals surface area contributed by atoms with Gasteiger partial charge in [-0.15, -0.1) is 0 Å². The van der Waals surface area contributed by atoms with Crippen molar-refractivity contribution < 1.29 is 4.79 Å². The third-order valence-corrected chi connectivity index (χ3v) is 4.14. The fourth-order valence-electron chi connectivity index (χ4n) is 2.92. The molecule has 5 heteroatoms. The molecule has 0 unspecified atom stereocenters. The highest BCUT2D eigenvalue weighted by atomic mass is 16.2. The summed E-state index contributed by atoms with van der Waals surface area (Å²) >= 11 is 0. The zero-order valence-electron chi connectivity index (χ0n) is 12.8. The first-order valence-corrected chi connectivity index (χ1v) is 7.59. The number of carbonyl (C=O) groups excluding carboxylic acids is 1. The molecule has 0 radical (unpaired) electrons. The summed E-state index contributed by atoms with van der Waals surface area (Å²) in [5.74, 6) is 0.630. The molecule has 0 aliphatic heterocycles. The first-order valence-electron chi connectivity index (χ1n) is 7.59. The minimum Gasteiger partial charge on any atom is -0.396 e. The van der Waals surface area contributed by atoms with Crippen LogP contribution in [-0.2, 0) is 7.05 Å². The van der Waals surface area contributed by atoms with Gasteiger partial charge in [0.15, 0.2) is 0 Å². The third-order valence-electron chi connectivity index (χ3n) is 4.14. The van der Waals surface area contributed by atoms with Crippen LogP contribution in [0.15, 0.2) is 6.20 Å². The van der Waals surface area contributed by atoms with Gasteiger partial charge < -0.3 is 10.6 Å². The molecule has 5 nitrogen and oxygen atoms in total. The van der Waals surface area contributed by atoms with Gasteiger partial charge in [-0.3, -0.25) is 9.48 Å². The summed E-state index contributed by atoms with van der Waals surface area (Å²) in [6.45, 7) is 5.19. The molecule has 0 spiro atoms. The lowest BCUT2D eigenvalue weighted by molar-refractivity contribution is 0.0661. The van der Waals surface area contributed by atoms with Crippen molar-refractivity contribution in [3.63, 3.8) is 0 Å². The summed E-state index contributed by atoms with van der Waals surface area (Å²) in [5, 5.41) is 4.09. The lowest BCUT2D eigenvalue weighted by Crippen LogP contribution is -2.41. The fraction of sp³-hybridized carbons (Fsp3) is 0.733. The molecular weight excluding hydrogens is 252 g/mol. The minimum atomic E-state index is 0.0371. The van der Waals surface area contributed by atoms with Crippen molar-refractivity contribution in [1.29, 1.82) is 0 Å². The van der Waals surface area contributed by atoms with E-state index in [2.05, 4.69) is 18.9 Å². The first kappa shape index (κ1) is 14.9. The van der Waals surface area contributed by atoms with E-state index in [4.69, 9.17) is 5.73 Å². The Bertz CT molecular complexity index is 441. The highest BCUT2D eigenvalue weighted by Gasteiger charge is 2.29. The molecule has 1 saturated carbocycles. The maximum Gasteiger partial charge on any atom is 0.274 e. The molecule has 112 valence electrons. The standard InChI is InChI=1S/C15H26N4O/c1-11(2)8-9-19(12-6-4-5-7-12)15(20)14-13(16)10-17-18(14)3/h10-12H,4-9,16H2,1-3H3. The van der Waals surface area contributed by atoms with E-state index in [1.54, 1.807) is 17.9 Å². The van der Waals surface area contributed by atoms with Gasteiger partial charge in [0.25, 0.3) is 5.91 Å². The van der Waals surface area contributed by atoms with Gasteiger partial charge in [0.05, 0.1) is 11.9 Å². The van der Waals surface area contributed by atoms with E-state index >= 15 is 0 Å². The van der Waals surface area contributed by atoms with Gasteiger partial charge in [0.1, 0.15) is 5.69 Å². The number of amides is 1. The van der Waals surface area contributed by atoms with Crippen LogP contribution in [0.4, 0.5) is 5.69 Å². The van der Waals surface area contributed by atoms with Gasteiger partial charge in [-0.1, -0.05) is 26.7 Å². The summed E-state index contributed by atoms with van der Waals surface area (Å²) in [6.07, 6.45) is 7.25. The lowest BCUT2D eigenvalue weighted by Gasteiger charge is -2.30. The predicted octanol–water partition coefficient (Wildman–Crippen LogP) is 2.43. The van der Waals surface area contributed by atoms with Gasteiger partial charge in [-0.25, -0.2) is 0 Å². The topological polar surface area (TPSA) is 64.2 Å². The molecule has 2 rings (SSSR count). The van der Waals surface area contributed by atoms with Gasteiger partial charge >= 0.3 is 0 Å². The highest BCUT2D eigenvalue weighted by Crippen LogP contribution is 2.26. The van der Waals surface area contributed by atoms with Crippen molar-refractivity contribution in [3.8, 4) is 0 Å². The van der Waals surface area contributed by atoms with Crippen LogP contribution in [0.1, 0.15) is 56.4 Å². The summed E-state index contributed by atoms with van der Waals surface area (Å²) < 4.78 is 1.59. The number of rotatable bonds is 5. The average molecular weight is 278 g/mol. The van der Waals surface area contributed by atoms with E-state index in [-0.39, 0.29) is 5.91 Å². The second-order valence-corrected chi connectivity index (χ2v) is 6.19. The van der Waals surface area contributed by atoms with Crippen molar-refractivity contribution in [2.24, 2.45) is 13.0 Å². The number of nitrogens with two attached hydrogens (primary N) is 1. The van der Waals surface area contributed by atoms with Crippen LogP contribution in [0.2, 0.25) is 0 Å². The number of aryl methyl sites for hydroxylation is 1. The smallest absolute Gasteiger partial charge is 0.274 e. The van der Waals surface area contributed by atoms with Crippen molar-refractivity contribution in [1.82, 2.24) is 14.7 Å². The van der Waals surface area contributed by atoms with Crippen molar-refractivity contribution in [2.75, 3.05) is 12.3 Å². The SMILES string of the molecule is CC(C)CCN(C(=O)c1c(N)cnn1C)C1CCCC1. The Morgan fingerprint density at radius 3 is 2.65 bits per heavy atom. The van der Waals surface area contributed by atoms with E-state index in [0.717, 1.165) is 25.8 Å². The summed E-state index contributed by atoms with van der Waals surface area (Å²) in [6, 6.07) is 0.371. The monoisotopic (exact) mass is 278 g/mol. The number of aromatic nitrogens is 2. The van der Waals surface area contributed by atoms with E-state index in [9.17, 15) is 4.79 Å². The molecule has 0 saturated heterocycles. The van der Waals surface area contributed by atoms with Crippen LogP contribution in [0.5, 0.6) is 0 Å². The molecule has 20 heavy (non-hydrogen) atoms. The Balaban J connectivity index is 2.18. The Morgan fingerprint density at radius 1 is 1.50 bits per heavy atom.